The third-order valence-electron chi connectivity index (χ3n) is 4.64. The second-order valence-corrected chi connectivity index (χ2v) is 10.6. The Labute approximate surface area is 225 Å². The summed E-state index contributed by atoms with van der Waals surface area (Å²) in [7, 11) is 0. The SMILES string of the molecule is C[C@H](CC(=O)[C@H](CCCCNC(=O)OC(C)(C)C)NC(=O)OC(C)(C)C)Cc1ccccc1.S.S. The summed E-state index contributed by atoms with van der Waals surface area (Å²) in [5, 5.41) is 5.47. The molecule has 9 heteroatoms. The van der Waals surface area contributed by atoms with Crippen molar-refractivity contribution in [3.05, 3.63) is 35.9 Å². The summed E-state index contributed by atoms with van der Waals surface area (Å²) in [6.07, 6.45) is 1.91. The molecule has 1 aromatic rings. The largest absolute Gasteiger partial charge is 0.444 e. The topological polar surface area (TPSA) is 93.7 Å². The molecule has 0 saturated carbocycles. The Bertz CT molecular complexity index is 761. The summed E-state index contributed by atoms with van der Waals surface area (Å²) >= 11 is 0. The lowest BCUT2D eigenvalue weighted by atomic mass is 9.92. The van der Waals surface area contributed by atoms with Crippen molar-refractivity contribution in [2.24, 2.45) is 5.92 Å². The number of carbonyl (C=O) groups is 3. The summed E-state index contributed by atoms with van der Waals surface area (Å²) < 4.78 is 10.6. The number of ether oxygens (including phenoxy) is 2. The van der Waals surface area contributed by atoms with E-state index in [1.54, 1.807) is 20.8 Å². The molecule has 0 bridgehead atoms. The summed E-state index contributed by atoms with van der Waals surface area (Å²) in [5.74, 6) is 0.140. The highest BCUT2D eigenvalue weighted by atomic mass is 32.1. The minimum absolute atomic E-state index is 0. The molecular weight excluding hydrogens is 484 g/mol. The number of hydrogen-bond donors (Lipinski definition) is 2. The van der Waals surface area contributed by atoms with Crippen molar-refractivity contribution in [2.45, 2.75) is 97.8 Å². The van der Waals surface area contributed by atoms with Crippen molar-refractivity contribution >= 4 is 45.0 Å². The molecule has 202 valence electrons. The second kappa shape index (κ2) is 16.7. The van der Waals surface area contributed by atoms with E-state index in [0.29, 0.717) is 32.2 Å². The quantitative estimate of drug-likeness (QED) is 0.361. The maximum absolute atomic E-state index is 13.0. The second-order valence-electron chi connectivity index (χ2n) is 10.6. The van der Waals surface area contributed by atoms with Gasteiger partial charge in [0.25, 0.3) is 0 Å². The standard InChI is InChI=1S/C26H42N2O5.2H2S/c1-19(17-20-13-9-8-10-14-20)18-22(29)21(28-24(31)33-26(5,6)7)15-11-12-16-27-23(30)32-25(2,3)4;;/h8-10,13-14,19,21H,11-12,15-18H2,1-7H3,(H,27,30)(H,28,31);2*1H2/t19-,21-;;/m0../s1. The molecule has 2 N–H and O–H groups in total. The molecule has 2 amide bonds. The lowest BCUT2D eigenvalue weighted by Crippen LogP contribution is -2.44. The van der Waals surface area contributed by atoms with E-state index in [0.717, 1.165) is 6.42 Å². The molecule has 0 radical (unpaired) electrons. The van der Waals surface area contributed by atoms with Gasteiger partial charge in [-0.1, -0.05) is 37.3 Å². The number of ketones is 1. The van der Waals surface area contributed by atoms with Crippen LogP contribution < -0.4 is 10.6 Å². The molecule has 0 saturated heterocycles. The Balaban J connectivity index is 0. The van der Waals surface area contributed by atoms with Crippen molar-refractivity contribution in [3.8, 4) is 0 Å². The highest BCUT2D eigenvalue weighted by Crippen LogP contribution is 2.16. The average Bonchev–Trinajstić information content (AvgIpc) is 2.64. The van der Waals surface area contributed by atoms with E-state index >= 15 is 0 Å². The highest BCUT2D eigenvalue weighted by molar-refractivity contribution is 7.59. The van der Waals surface area contributed by atoms with E-state index in [-0.39, 0.29) is 38.7 Å². The molecule has 0 aliphatic carbocycles. The normalized spacial score (nSPS) is 12.8. The fraction of sp³-hybridized carbons (Fsp3) is 0.654. The molecule has 0 unspecified atom stereocenters. The first kappa shape index (κ1) is 35.3. The molecule has 0 spiro atoms. The molecule has 2 atom stereocenters. The van der Waals surface area contributed by atoms with Gasteiger partial charge in [0.1, 0.15) is 11.2 Å². The smallest absolute Gasteiger partial charge is 0.408 e. The molecule has 1 aromatic carbocycles. The Morgan fingerprint density at radius 2 is 1.40 bits per heavy atom. The fourth-order valence-corrected chi connectivity index (χ4v) is 3.32. The van der Waals surface area contributed by atoms with Gasteiger partial charge in [0, 0.05) is 13.0 Å². The van der Waals surface area contributed by atoms with Crippen LogP contribution in [0, 0.1) is 5.92 Å². The number of amides is 2. The van der Waals surface area contributed by atoms with Crippen LogP contribution in [0.25, 0.3) is 0 Å². The molecule has 7 nitrogen and oxygen atoms in total. The first-order valence-electron chi connectivity index (χ1n) is 11.8. The van der Waals surface area contributed by atoms with Gasteiger partial charge in [0.2, 0.25) is 0 Å². The predicted molar refractivity (Wildman–Crippen MR) is 151 cm³/mol. The van der Waals surface area contributed by atoms with Crippen molar-refractivity contribution in [1.82, 2.24) is 10.6 Å². The molecule has 1 rings (SSSR count). The first-order valence-corrected chi connectivity index (χ1v) is 11.8. The molecule has 0 aliphatic heterocycles. The lowest BCUT2D eigenvalue weighted by Gasteiger charge is -2.24. The van der Waals surface area contributed by atoms with Crippen LogP contribution in [0.5, 0.6) is 0 Å². The van der Waals surface area contributed by atoms with Crippen molar-refractivity contribution in [2.75, 3.05) is 6.54 Å². The van der Waals surface area contributed by atoms with Gasteiger partial charge < -0.3 is 20.1 Å². The number of benzene rings is 1. The number of nitrogens with one attached hydrogen (secondary N) is 2. The number of unbranched alkanes of at least 4 members (excludes halogenated alkanes) is 1. The van der Waals surface area contributed by atoms with Crippen LogP contribution in [0.1, 0.15) is 79.7 Å². The van der Waals surface area contributed by atoms with Gasteiger partial charge in [-0.05, 0) is 78.7 Å². The molecule has 0 aliphatic rings. The number of Topliss-reactive ketones (excluding diaryl/α,β-unsaturated/α-hetero) is 1. The van der Waals surface area contributed by atoms with E-state index in [1.807, 2.05) is 45.9 Å². The van der Waals surface area contributed by atoms with Gasteiger partial charge >= 0.3 is 12.2 Å². The zero-order valence-corrected chi connectivity index (χ0v) is 24.3. The van der Waals surface area contributed by atoms with E-state index < -0.39 is 29.4 Å². The molecule has 0 fully saturated rings. The first-order chi connectivity index (χ1) is 15.2. The summed E-state index contributed by atoms with van der Waals surface area (Å²) in [6.45, 7) is 13.3. The molecule has 0 heterocycles. The third kappa shape index (κ3) is 18.1. The maximum Gasteiger partial charge on any atom is 0.408 e. The van der Waals surface area contributed by atoms with Crippen molar-refractivity contribution in [3.63, 3.8) is 0 Å². The molecule has 0 aromatic heterocycles. The number of hydrogen-bond acceptors (Lipinski definition) is 5. The zero-order valence-electron chi connectivity index (χ0n) is 22.3. The highest BCUT2D eigenvalue weighted by Gasteiger charge is 2.25. The van der Waals surface area contributed by atoms with E-state index in [2.05, 4.69) is 22.8 Å². The van der Waals surface area contributed by atoms with Crippen LogP contribution >= 0.6 is 27.0 Å². The predicted octanol–water partition coefficient (Wildman–Crippen LogP) is 5.64. The van der Waals surface area contributed by atoms with Crippen molar-refractivity contribution in [1.29, 1.82) is 0 Å². The van der Waals surface area contributed by atoms with Crippen LogP contribution in [-0.4, -0.2) is 41.8 Å². The Kier molecular flexibility index (Phi) is 16.9. The monoisotopic (exact) mass is 530 g/mol. The fourth-order valence-electron chi connectivity index (χ4n) is 3.32. The van der Waals surface area contributed by atoms with Gasteiger partial charge in [-0.2, -0.15) is 27.0 Å². The van der Waals surface area contributed by atoms with Crippen LogP contribution in [0.15, 0.2) is 30.3 Å². The van der Waals surface area contributed by atoms with Gasteiger partial charge in [-0.3, -0.25) is 4.79 Å². The van der Waals surface area contributed by atoms with Crippen molar-refractivity contribution < 1.29 is 23.9 Å². The summed E-state index contributed by atoms with van der Waals surface area (Å²) in [5.41, 5.74) is -0.00646. The van der Waals surface area contributed by atoms with E-state index in [4.69, 9.17) is 9.47 Å². The minimum Gasteiger partial charge on any atom is -0.444 e. The summed E-state index contributed by atoms with van der Waals surface area (Å²) in [4.78, 5) is 37.1. The van der Waals surface area contributed by atoms with Crippen LogP contribution in [-0.2, 0) is 20.7 Å². The zero-order chi connectivity index (χ0) is 25.1. The van der Waals surface area contributed by atoms with E-state index in [1.165, 1.54) is 5.56 Å². The van der Waals surface area contributed by atoms with Crippen LogP contribution in [0.2, 0.25) is 0 Å². The molecular formula is C26H46N2O5S2. The van der Waals surface area contributed by atoms with Gasteiger partial charge in [-0.25, -0.2) is 9.59 Å². The Morgan fingerprint density at radius 3 is 1.94 bits per heavy atom. The van der Waals surface area contributed by atoms with Gasteiger partial charge in [-0.15, -0.1) is 0 Å². The maximum atomic E-state index is 13.0. The number of alkyl carbamates (subject to hydrolysis) is 2. The third-order valence-corrected chi connectivity index (χ3v) is 4.64. The van der Waals surface area contributed by atoms with Crippen LogP contribution in [0.4, 0.5) is 9.59 Å². The number of carbonyl (C=O) groups excluding carboxylic acids is 3. The Morgan fingerprint density at radius 1 is 0.857 bits per heavy atom. The van der Waals surface area contributed by atoms with E-state index in [9.17, 15) is 14.4 Å². The molecule has 35 heavy (non-hydrogen) atoms. The lowest BCUT2D eigenvalue weighted by molar-refractivity contribution is -0.122. The van der Waals surface area contributed by atoms with Gasteiger partial charge in [0.05, 0.1) is 6.04 Å². The number of rotatable bonds is 11. The van der Waals surface area contributed by atoms with Gasteiger partial charge in [0.15, 0.2) is 5.78 Å². The summed E-state index contributed by atoms with van der Waals surface area (Å²) in [6, 6.07) is 9.42. The van der Waals surface area contributed by atoms with Crippen LogP contribution in [0.3, 0.4) is 0 Å². The average molecular weight is 531 g/mol. The Hall–Kier alpha value is -1.87. The minimum atomic E-state index is -0.643.